The van der Waals surface area contributed by atoms with Crippen molar-refractivity contribution in [3.8, 4) is 28.2 Å². The van der Waals surface area contributed by atoms with E-state index < -0.39 is 53.4 Å². The second-order valence-electron chi connectivity index (χ2n) is 9.28. The van der Waals surface area contributed by atoms with Gasteiger partial charge in [-0.3, -0.25) is 19.2 Å². The monoisotopic (exact) mass is 598 g/mol. The van der Waals surface area contributed by atoms with Crippen molar-refractivity contribution < 1.29 is 56.6 Å². The third kappa shape index (κ3) is 5.35. The Balaban J connectivity index is 1.72. The Hall–Kier alpha value is -5.73. The molecule has 2 heterocycles. The van der Waals surface area contributed by atoms with Crippen molar-refractivity contribution in [3.63, 3.8) is 0 Å². The number of nitrogens with one attached hydrogen (secondary N) is 1. The van der Waals surface area contributed by atoms with Crippen LogP contribution in [0.3, 0.4) is 0 Å². The first-order chi connectivity index (χ1) is 20.3. The van der Waals surface area contributed by atoms with Crippen LogP contribution in [0.1, 0.15) is 39.1 Å². The fourth-order valence-electron chi connectivity index (χ4n) is 4.56. The van der Waals surface area contributed by atoms with Gasteiger partial charge in [0.1, 0.15) is 17.1 Å². The second kappa shape index (κ2) is 10.6. The van der Waals surface area contributed by atoms with E-state index in [0.717, 1.165) is 30.3 Å². The average Bonchev–Trinajstić information content (AvgIpc) is 3.26. The van der Waals surface area contributed by atoms with Gasteiger partial charge in [0.05, 0.1) is 23.2 Å². The summed E-state index contributed by atoms with van der Waals surface area (Å²) in [6.45, 7) is -0.919. The highest BCUT2D eigenvalue weighted by atomic mass is 19.4. The summed E-state index contributed by atoms with van der Waals surface area (Å²) >= 11 is 0. The number of carbonyl (C=O) groups is 5. The lowest BCUT2D eigenvalue weighted by Crippen LogP contribution is -2.37. The van der Waals surface area contributed by atoms with E-state index in [-0.39, 0.29) is 63.1 Å². The molecular formula is C28H17F3N2O10. The average molecular weight is 598 g/mol. The minimum atomic E-state index is -5.25. The number of carbonyl (C=O) groups excluding carboxylic acids is 4. The normalized spacial score (nSPS) is 13.5. The number of imide groups is 1. The SMILES string of the molecule is O=C(ON1C(=O)CCC1=O)c1ccc(C(=O)O)c(-c2c3ccc(=O)c(CNC(=O)C(F)(F)F)c-3oc3cc(O)ccc23)c1. The van der Waals surface area contributed by atoms with Crippen molar-refractivity contribution in [1.82, 2.24) is 10.4 Å². The lowest BCUT2D eigenvalue weighted by Gasteiger charge is -2.20. The van der Waals surface area contributed by atoms with Crippen LogP contribution in [0.15, 0.2) is 57.7 Å². The Morgan fingerprint density at radius 2 is 1.65 bits per heavy atom. The molecule has 43 heavy (non-hydrogen) atoms. The summed E-state index contributed by atoms with van der Waals surface area (Å²) in [5.41, 5.74) is -2.14. The molecule has 12 nitrogen and oxygen atoms in total. The molecule has 3 N–H and O–H groups in total. The number of hydrogen-bond donors (Lipinski definition) is 3. The molecule has 0 unspecified atom stereocenters. The predicted molar refractivity (Wildman–Crippen MR) is 138 cm³/mol. The number of hydrogen-bond acceptors (Lipinski definition) is 9. The number of phenols is 1. The van der Waals surface area contributed by atoms with Gasteiger partial charge < -0.3 is 24.8 Å². The van der Waals surface area contributed by atoms with Crippen molar-refractivity contribution in [2.75, 3.05) is 0 Å². The Bertz CT molecular complexity index is 1880. The summed E-state index contributed by atoms with van der Waals surface area (Å²) in [6.07, 6.45) is -5.58. The highest BCUT2D eigenvalue weighted by molar-refractivity contribution is 6.09. The van der Waals surface area contributed by atoms with Gasteiger partial charge in [-0.25, -0.2) is 9.59 Å². The zero-order valence-electron chi connectivity index (χ0n) is 21.5. The highest BCUT2D eigenvalue weighted by Crippen LogP contribution is 2.43. The third-order valence-corrected chi connectivity index (χ3v) is 6.55. The summed E-state index contributed by atoms with van der Waals surface area (Å²) in [5.74, 6) is -7.11. The zero-order valence-corrected chi connectivity index (χ0v) is 21.5. The first-order valence-corrected chi connectivity index (χ1v) is 12.3. The van der Waals surface area contributed by atoms with Crippen LogP contribution in [0, 0.1) is 0 Å². The fraction of sp³-hybridized carbons (Fsp3) is 0.143. The Kier molecular flexibility index (Phi) is 7.09. The molecule has 3 amide bonds. The maximum absolute atomic E-state index is 12.9. The van der Waals surface area contributed by atoms with Gasteiger partial charge >= 0.3 is 24.0 Å². The van der Waals surface area contributed by atoms with Crippen molar-refractivity contribution in [3.05, 3.63) is 75.4 Å². The molecule has 0 spiro atoms. The Morgan fingerprint density at radius 1 is 0.953 bits per heavy atom. The number of aromatic carboxylic acids is 1. The van der Waals surface area contributed by atoms with E-state index in [0.29, 0.717) is 5.06 Å². The minimum absolute atomic E-state index is 0.00645. The molecule has 2 aromatic carbocycles. The van der Waals surface area contributed by atoms with E-state index in [9.17, 15) is 52.2 Å². The number of aromatic hydroxyl groups is 1. The molecule has 3 aliphatic rings. The molecule has 0 bridgehead atoms. The third-order valence-electron chi connectivity index (χ3n) is 6.55. The lowest BCUT2D eigenvalue weighted by molar-refractivity contribution is -0.173. The molecule has 220 valence electrons. The summed E-state index contributed by atoms with van der Waals surface area (Å²) in [6, 6.07) is 9.11. The maximum atomic E-state index is 12.9. The number of carboxylic acid groups (broad SMARTS) is 1. The van der Waals surface area contributed by atoms with Crippen LogP contribution in [0.4, 0.5) is 13.2 Å². The quantitative estimate of drug-likeness (QED) is 0.220. The van der Waals surface area contributed by atoms with Crippen LogP contribution in [-0.2, 0) is 25.8 Å². The number of halogens is 3. The van der Waals surface area contributed by atoms with E-state index in [1.807, 2.05) is 0 Å². The number of fused-ring (bicyclic) bond motifs is 2. The summed E-state index contributed by atoms with van der Waals surface area (Å²) in [5, 5.41) is 22.1. The molecule has 5 rings (SSSR count). The molecule has 0 atom stereocenters. The molecule has 15 heteroatoms. The van der Waals surface area contributed by atoms with E-state index in [4.69, 9.17) is 9.25 Å². The van der Waals surface area contributed by atoms with Gasteiger partial charge in [-0.2, -0.15) is 13.2 Å². The number of carboxylic acids is 1. The predicted octanol–water partition coefficient (Wildman–Crippen LogP) is 3.37. The first kappa shape index (κ1) is 28.8. The van der Waals surface area contributed by atoms with Gasteiger partial charge in [0.25, 0.3) is 11.8 Å². The molecular weight excluding hydrogens is 581 g/mol. The van der Waals surface area contributed by atoms with Crippen LogP contribution in [0.25, 0.3) is 33.4 Å². The summed E-state index contributed by atoms with van der Waals surface area (Å²) in [7, 11) is 0. The van der Waals surface area contributed by atoms with Crippen LogP contribution in [0.5, 0.6) is 5.75 Å². The van der Waals surface area contributed by atoms with Crippen molar-refractivity contribution in [1.29, 1.82) is 0 Å². The van der Waals surface area contributed by atoms with E-state index in [2.05, 4.69) is 0 Å². The molecule has 1 saturated heterocycles. The number of hydroxylamine groups is 2. The van der Waals surface area contributed by atoms with Crippen molar-refractivity contribution in [2.24, 2.45) is 0 Å². The number of phenolic OH excluding ortho intramolecular Hbond substituents is 1. The molecule has 1 fully saturated rings. The fourth-order valence-corrected chi connectivity index (χ4v) is 4.56. The van der Waals surface area contributed by atoms with Crippen molar-refractivity contribution in [2.45, 2.75) is 25.6 Å². The lowest BCUT2D eigenvalue weighted by atomic mass is 9.88. The number of amides is 3. The summed E-state index contributed by atoms with van der Waals surface area (Å²) < 4.78 is 44.3. The Labute approximate surface area is 237 Å². The Morgan fingerprint density at radius 3 is 2.30 bits per heavy atom. The number of rotatable bonds is 6. The van der Waals surface area contributed by atoms with Crippen LogP contribution < -0.4 is 10.7 Å². The first-order valence-electron chi connectivity index (χ1n) is 12.3. The number of alkyl halides is 3. The van der Waals surface area contributed by atoms with Gasteiger partial charge in [-0.1, -0.05) is 0 Å². The van der Waals surface area contributed by atoms with Gasteiger partial charge in [0.15, 0.2) is 5.43 Å². The van der Waals surface area contributed by atoms with Crippen molar-refractivity contribution >= 4 is 40.6 Å². The molecule has 2 aromatic rings. The van der Waals surface area contributed by atoms with E-state index >= 15 is 0 Å². The topological polar surface area (TPSA) is 181 Å². The molecule has 0 aromatic heterocycles. The van der Waals surface area contributed by atoms with Crippen LogP contribution >= 0.6 is 0 Å². The highest BCUT2D eigenvalue weighted by Gasteiger charge is 2.39. The minimum Gasteiger partial charge on any atom is -0.508 e. The largest absolute Gasteiger partial charge is 0.508 e. The molecule has 0 radical (unpaired) electrons. The number of benzene rings is 3. The van der Waals surface area contributed by atoms with E-state index in [1.54, 1.807) is 5.32 Å². The zero-order chi connectivity index (χ0) is 31.2. The van der Waals surface area contributed by atoms with Gasteiger partial charge in [0, 0.05) is 35.4 Å². The van der Waals surface area contributed by atoms with Gasteiger partial charge in [-0.05, 0) is 48.0 Å². The van der Waals surface area contributed by atoms with Crippen LogP contribution in [-0.4, -0.2) is 51.1 Å². The number of nitrogens with zero attached hydrogens (tertiary/aromatic N) is 1. The summed E-state index contributed by atoms with van der Waals surface area (Å²) in [4.78, 5) is 78.2. The smallest absolute Gasteiger partial charge is 0.471 e. The molecule has 2 aliphatic heterocycles. The molecule has 1 aliphatic carbocycles. The maximum Gasteiger partial charge on any atom is 0.471 e. The van der Waals surface area contributed by atoms with Crippen LogP contribution in [0.2, 0.25) is 0 Å². The standard InChI is InChI=1S/C28H17F3N2O10/c29-28(30,31)27(41)32-11-18-19(35)6-5-16-23(15-4-2-13(34)10-20(15)42-24(16)18)17-9-12(1-3-14(17)25(38)39)26(40)43-33-21(36)7-8-22(33)37/h1-6,9-10,34H,7-8,11H2,(H,32,41)(H,38,39). The van der Waals surface area contributed by atoms with E-state index in [1.165, 1.54) is 18.2 Å². The second-order valence-corrected chi connectivity index (χ2v) is 9.28. The van der Waals surface area contributed by atoms with Gasteiger partial charge in [0.2, 0.25) is 0 Å². The van der Waals surface area contributed by atoms with Gasteiger partial charge in [-0.15, -0.1) is 5.06 Å². The molecule has 0 saturated carbocycles.